The van der Waals surface area contributed by atoms with Gasteiger partial charge in [-0.3, -0.25) is 9.13 Å². The van der Waals surface area contributed by atoms with E-state index < -0.39 is 6.17 Å². The Balaban J connectivity index is 1.21. The molecular formula is C25H30F2N6O. The van der Waals surface area contributed by atoms with Crippen LogP contribution in [0.3, 0.4) is 0 Å². The van der Waals surface area contributed by atoms with E-state index in [1.165, 1.54) is 15.2 Å². The summed E-state index contributed by atoms with van der Waals surface area (Å²) in [6, 6.07) is 6.79. The molecule has 3 heterocycles. The minimum atomic E-state index is -1.00. The van der Waals surface area contributed by atoms with Crippen LogP contribution in [0, 0.1) is 5.82 Å². The van der Waals surface area contributed by atoms with Crippen LogP contribution in [0.1, 0.15) is 43.4 Å². The molecule has 1 fully saturated rings. The Kier molecular flexibility index (Phi) is 5.99. The number of imidazole rings is 2. The van der Waals surface area contributed by atoms with Crippen molar-refractivity contribution in [2.45, 2.75) is 57.0 Å². The smallest absolute Gasteiger partial charge is 0.310 e. The fraction of sp³-hybridized carbons (Fsp3) is 0.440. The molecule has 0 bridgehead atoms. The summed E-state index contributed by atoms with van der Waals surface area (Å²) in [6.07, 6.45) is 6.46. The number of fused-ring (bicyclic) bond motifs is 2. The van der Waals surface area contributed by atoms with Crippen LogP contribution in [-0.4, -0.2) is 36.8 Å². The number of alkyl halides is 1. The molecule has 1 aliphatic carbocycles. The van der Waals surface area contributed by atoms with E-state index in [-0.39, 0.29) is 29.6 Å². The third-order valence-corrected chi connectivity index (χ3v) is 7.17. The van der Waals surface area contributed by atoms with Gasteiger partial charge >= 0.3 is 5.69 Å². The lowest BCUT2D eigenvalue weighted by atomic mass is 9.88. The molecule has 1 aliphatic rings. The molecule has 5 rings (SSSR count). The van der Waals surface area contributed by atoms with Crippen molar-refractivity contribution in [2.75, 3.05) is 0 Å². The summed E-state index contributed by atoms with van der Waals surface area (Å²) in [6.45, 7) is 2.33. The first-order chi connectivity index (χ1) is 16.3. The second-order valence-corrected chi connectivity index (χ2v) is 9.36. The highest BCUT2D eigenvalue weighted by molar-refractivity contribution is 5.77. The number of aryl methyl sites for hydroxylation is 2. The number of nitrogens with one attached hydrogen (secondary N) is 2. The number of rotatable bonds is 6. The third kappa shape index (κ3) is 4.03. The summed E-state index contributed by atoms with van der Waals surface area (Å²) in [5.41, 5.74) is 3.45. The number of benzene rings is 1. The fourth-order valence-electron chi connectivity index (χ4n) is 5.16. The molecular weight excluding hydrogens is 438 g/mol. The van der Waals surface area contributed by atoms with E-state index in [9.17, 15) is 9.18 Å². The van der Waals surface area contributed by atoms with E-state index >= 15 is 4.39 Å². The molecule has 180 valence electrons. The Morgan fingerprint density at radius 1 is 1.18 bits per heavy atom. The molecule has 0 amide bonds. The second kappa shape index (κ2) is 8.96. The lowest BCUT2D eigenvalue weighted by Gasteiger charge is -2.34. The van der Waals surface area contributed by atoms with Gasteiger partial charge in [0.05, 0.1) is 11.0 Å². The van der Waals surface area contributed by atoms with Gasteiger partial charge in [0.1, 0.15) is 17.6 Å². The maximum atomic E-state index is 15.1. The van der Waals surface area contributed by atoms with Gasteiger partial charge < -0.3 is 15.0 Å². The van der Waals surface area contributed by atoms with Crippen LogP contribution in [0.2, 0.25) is 0 Å². The summed E-state index contributed by atoms with van der Waals surface area (Å²) in [4.78, 5) is 16.6. The predicted octanol–water partition coefficient (Wildman–Crippen LogP) is 3.36. The van der Waals surface area contributed by atoms with Gasteiger partial charge in [-0.05, 0) is 38.3 Å². The van der Waals surface area contributed by atoms with E-state index in [2.05, 4.69) is 15.6 Å². The second-order valence-electron chi connectivity index (χ2n) is 9.36. The summed E-state index contributed by atoms with van der Waals surface area (Å²) < 4.78 is 34.7. The molecule has 7 nitrogen and oxygen atoms in total. The standard InChI is InChI=1S/C25H30F2N6O/c1-15(18-5-4-9-33-10-8-28-24(18)33)30-21-7-6-17(12-20(21)27)29-14-16-11-22-23(13-19(16)26)32(3)25(34)31(22)2/h4-5,8-11,13,15,17,20-21,29-30H,6-7,12,14H2,1-3H3/t15-,17-,20-,21-/m0/s1. The van der Waals surface area contributed by atoms with Gasteiger partial charge in [0.15, 0.2) is 0 Å². The van der Waals surface area contributed by atoms with Crippen LogP contribution >= 0.6 is 0 Å². The molecule has 4 aromatic rings. The molecule has 1 saturated carbocycles. The van der Waals surface area contributed by atoms with E-state index in [0.29, 0.717) is 36.0 Å². The zero-order valence-corrected chi connectivity index (χ0v) is 19.6. The van der Waals surface area contributed by atoms with Gasteiger partial charge in [0.2, 0.25) is 0 Å². The normalized spacial score (nSPS) is 22.0. The molecule has 1 aromatic carbocycles. The van der Waals surface area contributed by atoms with Crippen molar-refractivity contribution < 1.29 is 8.78 Å². The highest BCUT2D eigenvalue weighted by Crippen LogP contribution is 2.27. The van der Waals surface area contributed by atoms with Crippen LogP contribution in [0.25, 0.3) is 16.7 Å². The van der Waals surface area contributed by atoms with Crippen molar-refractivity contribution in [1.82, 2.24) is 29.2 Å². The number of hydrogen-bond acceptors (Lipinski definition) is 4. The van der Waals surface area contributed by atoms with Gasteiger partial charge in [-0.1, -0.05) is 6.07 Å². The first-order valence-corrected chi connectivity index (χ1v) is 11.7. The molecule has 0 aliphatic heterocycles. The fourth-order valence-corrected chi connectivity index (χ4v) is 5.16. The zero-order valence-electron chi connectivity index (χ0n) is 19.6. The molecule has 3 aromatic heterocycles. The SMILES string of the molecule is C[C@H](N[C@H]1CC[C@H](NCc2cc3c(cc2F)n(C)c(=O)n3C)C[C@@H]1F)c1cccn2ccnc12. The maximum absolute atomic E-state index is 15.1. The Labute approximate surface area is 196 Å². The van der Waals surface area contributed by atoms with Crippen LogP contribution < -0.4 is 16.3 Å². The molecule has 0 spiro atoms. The number of halogens is 2. The van der Waals surface area contributed by atoms with Crippen LogP contribution in [0.15, 0.2) is 47.7 Å². The number of pyridine rings is 1. The molecule has 4 atom stereocenters. The summed E-state index contributed by atoms with van der Waals surface area (Å²) in [5.74, 6) is -0.365. The van der Waals surface area contributed by atoms with Crippen molar-refractivity contribution in [3.05, 3.63) is 70.3 Å². The molecule has 34 heavy (non-hydrogen) atoms. The van der Waals surface area contributed by atoms with Crippen molar-refractivity contribution >= 4 is 16.7 Å². The van der Waals surface area contributed by atoms with Gasteiger partial charge in [-0.25, -0.2) is 18.6 Å². The molecule has 0 radical (unpaired) electrons. The number of nitrogens with zero attached hydrogens (tertiary/aromatic N) is 4. The van der Waals surface area contributed by atoms with Crippen molar-refractivity contribution in [3.8, 4) is 0 Å². The average Bonchev–Trinajstić information content (AvgIpc) is 3.38. The van der Waals surface area contributed by atoms with Gasteiger partial charge in [-0.15, -0.1) is 0 Å². The minimum Gasteiger partial charge on any atom is -0.310 e. The Morgan fingerprint density at radius 3 is 2.71 bits per heavy atom. The van der Waals surface area contributed by atoms with Crippen LogP contribution in [-0.2, 0) is 20.6 Å². The highest BCUT2D eigenvalue weighted by Gasteiger charge is 2.31. The Morgan fingerprint density at radius 2 is 1.94 bits per heavy atom. The van der Waals surface area contributed by atoms with E-state index in [4.69, 9.17) is 0 Å². The molecule has 0 unspecified atom stereocenters. The monoisotopic (exact) mass is 468 g/mol. The first kappa shape index (κ1) is 22.7. The molecule has 9 heteroatoms. The summed E-state index contributed by atoms with van der Waals surface area (Å²) >= 11 is 0. The number of hydrogen-bond donors (Lipinski definition) is 2. The van der Waals surface area contributed by atoms with Crippen molar-refractivity contribution in [3.63, 3.8) is 0 Å². The largest absolute Gasteiger partial charge is 0.328 e. The molecule has 0 saturated heterocycles. The Bertz CT molecular complexity index is 1390. The van der Waals surface area contributed by atoms with Gasteiger partial charge in [-0.2, -0.15) is 0 Å². The first-order valence-electron chi connectivity index (χ1n) is 11.7. The van der Waals surface area contributed by atoms with Crippen LogP contribution in [0.4, 0.5) is 8.78 Å². The maximum Gasteiger partial charge on any atom is 0.328 e. The zero-order chi connectivity index (χ0) is 24.0. The molecule has 2 N–H and O–H groups in total. The number of aromatic nitrogens is 4. The lowest BCUT2D eigenvalue weighted by Crippen LogP contribution is -2.47. The summed E-state index contributed by atoms with van der Waals surface area (Å²) in [7, 11) is 3.31. The van der Waals surface area contributed by atoms with Crippen molar-refractivity contribution in [2.24, 2.45) is 14.1 Å². The quantitative estimate of drug-likeness (QED) is 0.455. The summed E-state index contributed by atoms with van der Waals surface area (Å²) in [5, 5.41) is 6.78. The van der Waals surface area contributed by atoms with Gasteiger partial charge in [0.25, 0.3) is 0 Å². The topological polar surface area (TPSA) is 68.3 Å². The van der Waals surface area contributed by atoms with Crippen LogP contribution in [0.5, 0.6) is 0 Å². The minimum absolute atomic E-state index is 0.0304. The van der Waals surface area contributed by atoms with E-state index in [1.54, 1.807) is 26.4 Å². The highest BCUT2D eigenvalue weighted by atomic mass is 19.1. The van der Waals surface area contributed by atoms with E-state index in [0.717, 1.165) is 17.6 Å². The Hall–Kier alpha value is -3.04. The third-order valence-electron chi connectivity index (χ3n) is 7.17. The average molecular weight is 469 g/mol. The lowest BCUT2D eigenvalue weighted by molar-refractivity contribution is 0.153. The van der Waals surface area contributed by atoms with Crippen molar-refractivity contribution in [1.29, 1.82) is 0 Å². The van der Waals surface area contributed by atoms with Gasteiger partial charge in [0, 0.05) is 74.5 Å². The predicted molar refractivity (Wildman–Crippen MR) is 128 cm³/mol. The van der Waals surface area contributed by atoms with E-state index in [1.807, 2.05) is 35.9 Å².